The van der Waals surface area contributed by atoms with E-state index in [2.05, 4.69) is 10.3 Å². The van der Waals surface area contributed by atoms with E-state index in [4.69, 9.17) is 4.74 Å². The van der Waals surface area contributed by atoms with Crippen LogP contribution in [-0.4, -0.2) is 33.8 Å². The number of thiazole rings is 1. The van der Waals surface area contributed by atoms with E-state index in [1.807, 2.05) is 30.3 Å². The van der Waals surface area contributed by atoms with Crippen LogP contribution in [0.25, 0.3) is 11.1 Å². The minimum absolute atomic E-state index is 0.0499. The molecular formula is C27H18F3N3O4S. The van der Waals surface area contributed by atoms with Crippen molar-refractivity contribution in [2.45, 2.75) is 18.4 Å². The minimum Gasteiger partial charge on any atom is -0.418 e. The van der Waals surface area contributed by atoms with Gasteiger partial charge in [0.05, 0.1) is 6.54 Å². The molecule has 1 aromatic heterocycles. The molecular weight excluding hydrogens is 519 g/mol. The van der Waals surface area contributed by atoms with Crippen LogP contribution in [0.5, 0.6) is 0 Å². The Balaban J connectivity index is 1.64. The van der Waals surface area contributed by atoms with Crippen molar-refractivity contribution in [1.29, 1.82) is 0 Å². The van der Waals surface area contributed by atoms with Crippen LogP contribution in [0, 0.1) is 0 Å². The van der Waals surface area contributed by atoms with Gasteiger partial charge in [-0.3, -0.25) is 19.8 Å². The van der Waals surface area contributed by atoms with Crippen molar-refractivity contribution >= 4 is 34.3 Å². The van der Waals surface area contributed by atoms with Crippen LogP contribution in [0.1, 0.15) is 21.5 Å². The number of anilines is 1. The number of carbonyl (C=O) groups is 3. The van der Waals surface area contributed by atoms with Gasteiger partial charge in [0.25, 0.3) is 17.5 Å². The molecule has 1 unspecified atom stereocenters. The molecule has 1 N–H and O–H groups in total. The van der Waals surface area contributed by atoms with E-state index in [0.717, 1.165) is 27.4 Å². The van der Waals surface area contributed by atoms with Gasteiger partial charge in [-0.25, -0.2) is 9.78 Å². The highest BCUT2D eigenvalue weighted by Crippen LogP contribution is 2.41. The molecule has 0 spiro atoms. The Labute approximate surface area is 218 Å². The topological polar surface area (TPSA) is 88.6 Å². The monoisotopic (exact) mass is 537 g/mol. The van der Waals surface area contributed by atoms with E-state index in [1.165, 1.54) is 30.5 Å². The maximum atomic E-state index is 13.8. The third-order valence-electron chi connectivity index (χ3n) is 5.99. The predicted molar refractivity (Wildman–Crippen MR) is 133 cm³/mol. The molecule has 3 aromatic carbocycles. The average molecular weight is 538 g/mol. The van der Waals surface area contributed by atoms with E-state index in [0.29, 0.717) is 5.56 Å². The fourth-order valence-electron chi connectivity index (χ4n) is 4.28. The summed E-state index contributed by atoms with van der Waals surface area (Å²) in [6, 6.07) is 21.4. The first-order valence-corrected chi connectivity index (χ1v) is 12.1. The molecule has 0 bridgehead atoms. The summed E-state index contributed by atoms with van der Waals surface area (Å²) >= 11 is 1.01. The zero-order chi connectivity index (χ0) is 26.9. The Morgan fingerprint density at radius 2 is 1.63 bits per heavy atom. The van der Waals surface area contributed by atoms with E-state index in [9.17, 15) is 27.6 Å². The maximum Gasteiger partial charge on any atom is 0.491 e. The lowest BCUT2D eigenvalue weighted by atomic mass is 9.99. The van der Waals surface area contributed by atoms with Gasteiger partial charge in [-0.15, -0.1) is 11.3 Å². The molecule has 7 nitrogen and oxygen atoms in total. The molecule has 1 aliphatic rings. The van der Waals surface area contributed by atoms with Crippen molar-refractivity contribution in [2.24, 2.45) is 0 Å². The van der Waals surface area contributed by atoms with Gasteiger partial charge in [0.2, 0.25) is 0 Å². The molecule has 2 heterocycles. The normalized spacial score (nSPS) is 14.5. The zero-order valence-electron chi connectivity index (χ0n) is 19.4. The standard InChI is InChI=1S/C27H18F3N3O4S/c28-27(29,30)24(36)37-26(20-9-5-2-6-10-20,23(35)32-25-31-13-14-38-25)33-16-19-15-18(11-12-21(19)22(33)34)17-7-3-1-4-8-17/h1-15H,16H2,(H,31,32,35). The third kappa shape index (κ3) is 4.52. The highest BCUT2D eigenvalue weighted by molar-refractivity contribution is 7.13. The van der Waals surface area contributed by atoms with Gasteiger partial charge in [0, 0.05) is 22.7 Å². The fourth-order valence-corrected chi connectivity index (χ4v) is 4.80. The van der Waals surface area contributed by atoms with Gasteiger partial charge in [-0.05, 0) is 28.8 Å². The first kappa shape index (κ1) is 25.2. The number of nitrogens with zero attached hydrogens (tertiary/aromatic N) is 2. The average Bonchev–Trinajstić information content (AvgIpc) is 3.55. The lowest BCUT2D eigenvalue weighted by molar-refractivity contribution is -0.227. The van der Waals surface area contributed by atoms with Gasteiger partial charge in [0.15, 0.2) is 5.13 Å². The van der Waals surface area contributed by atoms with Gasteiger partial charge in [-0.2, -0.15) is 13.2 Å². The number of hydrogen-bond acceptors (Lipinski definition) is 6. The number of aromatic nitrogens is 1. The summed E-state index contributed by atoms with van der Waals surface area (Å²) in [5, 5.41) is 4.00. The summed E-state index contributed by atoms with van der Waals surface area (Å²) in [7, 11) is 0. The predicted octanol–water partition coefficient (Wildman–Crippen LogP) is 5.36. The summed E-state index contributed by atoms with van der Waals surface area (Å²) in [6.07, 6.45) is -4.05. The number of rotatable bonds is 6. The quantitative estimate of drug-likeness (QED) is 0.335. The first-order valence-electron chi connectivity index (χ1n) is 11.3. The molecule has 1 aliphatic heterocycles. The van der Waals surface area contributed by atoms with Crippen molar-refractivity contribution in [1.82, 2.24) is 9.88 Å². The van der Waals surface area contributed by atoms with Gasteiger partial charge >= 0.3 is 12.1 Å². The summed E-state index contributed by atoms with van der Waals surface area (Å²) in [6.45, 7) is -0.292. The first-order chi connectivity index (χ1) is 18.2. The number of esters is 1. The van der Waals surface area contributed by atoms with Crippen molar-refractivity contribution in [2.75, 3.05) is 5.32 Å². The van der Waals surface area contributed by atoms with E-state index in [1.54, 1.807) is 29.6 Å². The summed E-state index contributed by atoms with van der Waals surface area (Å²) < 4.78 is 45.5. The second kappa shape index (κ2) is 9.75. The Kier molecular flexibility index (Phi) is 6.45. The maximum absolute atomic E-state index is 13.8. The van der Waals surface area contributed by atoms with E-state index in [-0.39, 0.29) is 22.8 Å². The molecule has 0 radical (unpaired) electrons. The summed E-state index contributed by atoms with van der Waals surface area (Å²) in [5.41, 5.74) is -0.667. The fraction of sp³-hybridized carbons (Fsp3) is 0.111. The molecule has 0 saturated heterocycles. The number of nitrogens with one attached hydrogen (secondary N) is 1. The number of benzene rings is 3. The van der Waals surface area contributed by atoms with E-state index < -0.39 is 29.7 Å². The molecule has 5 rings (SSSR count). The van der Waals surface area contributed by atoms with Crippen LogP contribution < -0.4 is 5.32 Å². The molecule has 4 aromatic rings. The number of halogens is 3. The number of alkyl halides is 3. The van der Waals surface area contributed by atoms with Crippen molar-refractivity contribution in [3.05, 3.63) is 107 Å². The lowest BCUT2D eigenvalue weighted by Gasteiger charge is -2.39. The Morgan fingerprint density at radius 3 is 2.26 bits per heavy atom. The van der Waals surface area contributed by atoms with Crippen molar-refractivity contribution in [3.63, 3.8) is 0 Å². The van der Waals surface area contributed by atoms with Crippen LogP contribution in [0.2, 0.25) is 0 Å². The molecule has 11 heteroatoms. The smallest absolute Gasteiger partial charge is 0.418 e. The van der Waals surface area contributed by atoms with Gasteiger partial charge < -0.3 is 4.74 Å². The van der Waals surface area contributed by atoms with E-state index >= 15 is 0 Å². The molecule has 192 valence electrons. The molecule has 1 atom stereocenters. The van der Waals surface area contributed by atoms with Crippen LogP contribution >= 0.6 is 11.3 Å². The number of amides is 2. The number of hydrogen-bond donors (Lipinski definition) is 1. The molecule has 2 amide bonds. The molecule has 0 fully saturated rings. The van der Waals surface area contributed by atoms with Crippen LogP contribution in [0.4, 0.5) is 18.3 Å². The van der Waals surface area contributed by atoms with Crippen molar-refractivity contribution < 1.29 is 32.3 Å². The second-order valence-electron chi connectivity index (χ2n) is 8.32. The molecule has 38 heavy (non-hydrogen) atoms. The number of carbonyl (C=O) groups excluding carboxylic acids is 3. The molecule has 0 saturated carbocycles. The summed E-state index contributed by atoms with van der Waals surface area (Å²) in [5.74, 6) is -4.57. The largest absolute Gasteiger partial charge is 0.491 e. The summed E-state index contributed by atoms with van der Waals surface area (Å²) in [4.78, 5) is 44.5. The zero-order valence-corrected chi connectivity index (χ0v) is 20.3. The highest BCUT2D eigenvalue weighted by Gasteiger charge is 2.58. The minimum atomic E-state index is -5.43. The third-order valence-corrected chi connectivity index (χ3v) is 6.68. The SMILES string of the molecule is O=C1c2ccc(-c3ccccc3)cc2CN1C(OC(=O)C(F)(F)F)(C(=O)Nc1nccs1)c1ccccc1. The number of fused-ring (bicyclic) bond motifs is 1. The van der Waals surface area contributed by atoms with Crippen LogP contribution in [0.15, 0.2) is 90.4 Å². The van der Waals surface area contributed by atoms with Gasteiger partial charge in [-0.1, -0.05) is 66.7 Å². The van der Waals surface area contributed by atoms with Gasteiger partial charge in [0.1, 0.15) is 0 Å². The van der Waals surface area contributed by atoms with Crippen LogP contribution in [-0.2, 0) is 26.6 Å². The number of ether oxygens (including phenoxy) is 1. The Morgan fingerprint density at radius 1 is 0.947 bits per heavy atom. The van der Waals surface area contributed by atoms with Crippen molar-refractivity contribution in [3.8, 4) is 11.1 Å². The highest BCUT2D eigenvalue weighted by atomic mass is 32.1. The Hall–Kier alpha value is -4.51. The second-order valence-corrected chi connectivity index (χ2v) is 9.21. The lowest BCUT2D eigenvalue weighted by Crippen LogP contribution is -2.58. The molecule has 0 aliphatic carbocycles. The van der Waals surface area contributed by atoms with Crippen LogP contribution in [0.3, 0.4) is 0 Å². The Bertz CT molecular complexity index is 1500.